The average molecular weight is 306 g/mol. The van der Waals surface area contributed by atoms with Gasteiger partial charge in [-0.3, -0.25) is 4.79 Å². The molecule has 0 aromatic carbocycles. The molecule has 0 fully saturated rings. The highest BCUT2D eigenvalue weighted by Gasteiger charge is 2.21. The summed E-state index contributed by atoms with van der Waals surface area (Å²) in [7, 11) is 0. The zero-order chi connectivity index (χ0) is 16.3. The molecule has 0 aliphatic carbocycles. The molecule has 0 aromatic rings. The van der Waals surface area contributed by atoms with Crippen LogP contribution in [0.4, 0.5) is 0 Å². The fourth-order valence-corrected chi connectivity index (χ4v) is 1.26. The molecule has 0 aliphatic rings. The highest BCUT2D eigenvalue weighted by molar-refractivity contribution is 5.81. The lowest BCUT2D eigenvalue weighted by Crippen LogP contribution is -2.28. The molecule has 0 spiro atoms. The van der Waals surface area contributed by atoms with Crippen LogP contribution in [0, 0.1) is 0 Å². The Bertz CT molecular complexity index is 302. The van der Waals surface area contributed by atoms with Crippen LogP contribution in [0.5, 0.6) is 0 Å². The molecule has 0 radical (unpaired) electrons. The standard InChI is InChI=1S/C14H26O7/c1-10(2)18-5-7-20-13(16)9-12(15)14(17)21-8-6-19-11(3)4/h10-12,15H,5-9H2,1-4H3. The van der Waals surface area contributed by atoms with Crippen molar-refractivity contribution in [1.82, 2.24) is 0 Å². The Kier molecular flexibility index (Phi) is 10.8. The van der Waals surface area contributed by atoms with E-state index in [0.717, 1.165) is 0 Å². The number of hydrogen-bond donors (Lipinski definition) is 1. The molecule has 7 heteroatoms. The molecule has 1 unspecified atom stereocenters. The molecule has 0 saturated carbocycles. The van der Waals surface area contributed by atoms with Gasteiger partial charge in [0.1, 0.15) is 13.2 Å². The first-order valence-corrected chi connectivity index (χ1v) is 7.06. The average Bonchev–Trinajstić information content (AvgIpc) is 2.39. The molecular weight excluding hydrogens is 280 g/mol. The molecule has 0 aliphatic heterocycles. The van der Waals surface area contributed by atoms with Gasteiger partial charge in [0, 0.05) is 0 Å². The first kappa shape index (κ1) is 19.8. The maximum atomic E-state index is 11.4. The van der Waals surface area contributed by atoms with Crippen molar-refractivity contribution in [2.24, 2.45) is 0 Å². The number of hydrogen-bond acceptors (Lipinski definition) is 7. The van der Waals surface area contributed by atoms with Crippen LogP contribution in [-0.2, 0) is 28.5 Å². The van der Waals surface area contributed by atoms with E-state index in [1.165, 1.54) is 0 Å². The Hall–Kier alpha value is -1.18. The van der Waals surface area contributed by atoms with Crippen LogP contribution in [0.2, 0.25) is 0 Å². The zero-order valence-corrected chi connectivity index (χ0v) is 13.2. The van der Waals surface area contributed by atoms with Gasteiger partial charge in [-0.15, -0.1) is 0 Å². The van der Waals surface area contributed by atoms with Gasteiger partial charge < -0.3 is 24.1 Å². The van der Waals surface area contributed by atoms with E-state index in [2.05, 4.69) is 0 Å². The van der Waals surface area contributed by atoms with Crippen molar-refractivity contribution in [3.63, 3.8) is 0 Å². The SMILES string of the molecule is CC(C)OCCOC(=O)CC(O)C(=O)OCCOC(C)C. The normalized spacial score (nSPS) is 12.5. The van der Waals surface area contributed by atoms with Gasteiger partial charge in [0.25, 0.3) is 0 Å². The Morgan fingerprint density at radius 2 is 1.33 bits per heavy atom. The van der Waals surface area contributed by atoms with Crippen LogP contribution >= 0.6 is 0 Å². The van der Waals surface area contributed by atoms with Crippen molar-refractivity contribution in [1.29, 1.82) is 0 Å². The van der Waals surface area contributed by atoms with E-state index >= 15 is 0 Å². The molecular formula is C14H26O7. The van der Waals surface area contributed by atoms with Gasteiger partial charge in [-0.2, -0.15) is 0 Å². The fraction of sp³-hybridized carbons (Fsp3) is 0.857. The van der Waals surface area contributed by atoms with E-state index in [1.54, 1.807) is 0 Å². The summed E-state index contributed by atoms with van der Waals surface area (Å²) in [5, 5.41) is 9.49. The van der Waals surface area contributed by atoms with Crippen molar-refractivity contribution >= 4 is 11.9 Å². The third-order valence-corrected chi connectivity index (χ3v) is 2.21. The monoisotopic (exact) mass is 306 g/mol. The second kappa shape index (κ2) is 11.5. The Labute approximate surface area is 125 Å². The van der Waals surface area contributed by atoms with Gasteiger partial charge in [-0.25, -0.2) is 4.79 Å². The van der Waals surface area contributed by atoms with Crippen molar-refractivity contribution in [2.75, 3.05) is 26.4 Å². The Morgan fingerprint density at radius 1 is 0.857 bits per heavy atom. The van der Waals surface area contributed by atoms with Gasteiger partial charge in [0.05, 0.1) is 31.8 Å². The number of ether oxygens (including phenoxy) is 4. The van der Waals surface area contributed by atoms with Gasteiger partial charge >= 0.3 is 11.9 Å². The van der Waals surface area contributed by atoms with Crippen LogP contribution in [0.1, 0.15) is 34.1 Å². The number of rotatable bonds is 11. The second-order valence-electron chi connectivity index (χ2n) is 4.95. The molecule has 1 N–H and O–H groups in total. The van der Waals surface area contributed by atoms with Crippen molar-refractivity contribution < 1.29 is 33.6 Å². The van der Waals surface area contributed by atoms with Crippen LogP contribution in [0.3, 0.4) is 0 Å². The van der Waals surface area contributed by atoms with Gasteiger partial charge in [-0.1, -0.05) is 0 Å². The van der Waals surface area contributed by atoms with Crippen molar-refractivity contribution in [3.05, 3.63) is 0 Å². The first-order valence-electron chi connectivity index (χ1n) is 7.06. The molecule has 1 atom stereocenters. The molecule has 124 valence electrons. The summed E-state index contributed by atoms with van der Waals surface area (Å²) in [6.07, 6.45) is -1.87. The molecule has 0 bridgehead atoms. The lowest BCUT2D eigenvalue weighted by atomic mass is 10.2. The molecule has 0 aromatic heterocycles. The summed E-state index contributed by atoms with van der Waals surface area (Å²) in [5.74, 6) is -1.54. The largest absolute Gasteiger partial charge is 0.463 e. The van der Waals surface area contributed by atoms with E-state index in [0.29, 0.717) is 0 Å². The molecule has 0 heterocycles. The van der Waals surface area contributed by atoms with Crippen LogP contribution in [0.25, 0.3) is 0 Å². The molecule has 0 rings (SSSR count). The molecule has 21 heavy (non-hydrogen) atoms. The molecule has 0 saturated heterocycles. The zero-order valence-electron chi connectivity index (χ0n) is 13.2. The lowest BCUT2D eigenvalue weighted by Gasteiger charge is -2.12. The maximum Gasteiger partial charge on any atom is 0.335 e. The van der Waals surface area contributed by atoms with Crippen molar-refractivity contribution in [3.8, 4) is 0 Å². The van der Waals surface area contributed by atoms with E-state index in [4.69, 9.17) is 18.9 Å². The van der Waals surface area contributed by atoms with E-state index in [1.807, 2.05) is 27.7 Å². The summed E-state index contributed by atoms with van der Waals surface area (Å²) in [6, 6.07) is 0. The maximum absolute atomic E-state index is 11.4. The van der Waals surface area contributed by atoms with Gasteiger partial charge in [-0.05, 0) is 27.7 Å². The highest BCUT2D eigenvalue weighted by atomic mass is 16.6. The number of aliphatic hydroxyl groups excluding tert-OH is 1. The third kappa shape index (κ3) is 12.3. The summed E-state index contributed by atoms with van der Waals surface area (Å²) in [6.45, 7) is 8.08. The summed E-state index contributed by atoms with van der Waals surface area (Å²) in [4.78, 5) is 22.7. The van der Waals surface area contributed by atoms with E-state index in [-0.39, 0.29) is 38.6 Å². The van der Waals surface area contributed by atoms with E-state index < -0.39 is 24.5 Å². The minimum Gasteiger partial charge on any atom is -0.463 e. The number of carbonyl (C=O) groups excluding carboxylic acids is 2. The van der Waals surface area contributed by atoms with Crippen LogP contribution < -0.4 is 0 Å². The first-order chi connectivity index (χ1) is 9.82. The summed E-state index contributed by atoms with van der Waals surface area (Å²) >= 11 is 0. The second-order valence-corrected chi connectivity index (χ2v) is 4.95. The predicted octanol–water partition coefficient (Wildman–Crippen LogP) is 0.674. The van der Waals surface area contributed by atoms with Crippen LogP contribution in [0.15, 0.2) is 0 Å². The smallest absolute Gasteiger partial charge is 0.335 e. The third-order valence-electron chi connectivity index (χ3n) is 2.21. The highest BCUT2D eigenvalue weighted by Crippen LogP contribution is 1.99. The summed E-state index contributed by atoms with van der Waals surface area (Å²) < 4.78 is 19.9. The quantitative estimate of drug-likeness (QED) is 0.443. The number of esters is 2. The lowest BCUT2D eigenvalue weighted by molar-refractivity contribution is -0.162. The van der Waals surface area contributed by atoms with Crippen LogP contribution in [-0.4, -0.2) is 61.8 Å². The number of aliphatic hydroxyl groups is 1. The minimum atomic E-state index is -1.53. The van der Waals surface area contributed by atoms with Gasteiger partial charge in [0.15, 0.2) is 6.10 Å². The van der Waals surface area contributed by atoms with Gasteiger partial charge in [0.2, 0.25) is 0 Å². The molecule has 7 nitrogen and oxygen atoms in total. The van der Waals surface area contributed by atoms with Crippen molar-refractivity contribution in [2.45, 2.75) is 52.4 Å². The Balaban J connectivity index is 3.72. The van der Waals surface area contributed by atoms with E-state index in [9.17, 15) is 14.7 Å². The minimum absolute atomic E-state index is 0.0331. The molecule has 0 amide bonds. The summed E-state index contributed by atoms with van der Waals surface area (Å²) in [5.41, 5.74) is 0. The topological polar surface area (TPSA) is 91.3 Å². The predicted molar refractivity (Wildman–Crippen MR) is 74.7 cm³/mol. The Morgan fingerprint density at radius 3 is 1.81 bits per heavy atom. The fourth-order valence-electron chi connectivity index (χ4n) is 1.26. The number of carbonyl (C=O) groups is 2.